The third-order valence-electron chi connectivity index (χ3n) is 2.45. The Morgan fingerprint density at radius 3 is 2.71 bits per heavy atom. The Balaban J connectivity index is 2.32. The maximum atomic E-state index is 13.5. The molecule has 0 saturated heterocycles. The number of H-pyrrole nitrogens is 1. The van der Waals surface area contributed by atoms with E-state index in [1.54, 1.807) is 0 Å². The van der Waals surface area contributed by atoms with E-state index in [9.17, 15) is 17.6 Å². The summed E-state index contributed by atoms with van der Waals surface area (Å²) in [6.45, 7) is 1.21. The van der Waals surface area contributed by atoms with Crippen molar-refractivity contribution in [1.82, 2.24) is 10.2 Å². The fourth-order valence-corrected chi connectivity index (χ4v) is 2.66. The van der Waals surface area contributed by atoms with E-state index in [4.69, 9.17) is 5.73 Å². The number of amides is 1. The van der Waals surface area contributed by atoms with Crippen LogP contribution in [-0.4, -0.2) is 24.5 Å². The van der Waals surface area contributed by atoms with E-state index < -0.39 is 21.7 Å². The number of rotatable bonds is 4. The Morgan fingerprint density at radius 1 is 1.43 bits per heavy atom. The number of nitrogens with two attached hydrogens (primary N) is 1. The van der Waals surface area contributed by atoms with E-state index in [2.05, 4.69) is 20.2 Å². The summed E-state index contributed by atoms with van der Waals surface area (Å²) in [5.41, 5.74) is 5.38. The number of aromatic amines is 1. The number of benzene rings is 1. The van der Waals surface area contributed by atoms with E-state index in [1.165, 1.54) is 13.0 Å². The predicted molar refractivity (Wildman–Crippen MR) is 74.5 cm³/mol. The summed E-state index contributed by atoms with van der Waals surface area (Å²) in [4.78, 5) is 10.7. The molecular formula is C11H12FN5O3S. The largest absolute Gasteiger partial charge is 0.383 e. The van der Waals surface area contributed by atoms with Gasteiger partial charge in [0.1, 0.15) is 16.5 Å². The molecule has 0 unspecified atom stereocenters. The van der Waals surface area contributed by atoms with Crippen LogP contribution in [0.4, 0.5) is 21.6 Å². The van der Waals surface area contributed by atoms with Gasteiger partial charge in [0, 0.05) is 6.92 Å². The summed E-state index contributed by atoms with van der Waals surface area (Å²) in [6.07, 6.45) is 1.05. The van der Waals surface area contributed by atoms with Crippen LogP contribution < -0.4 is 15.8 Å². The molecule has 21 heavy (non-hydrogen) atoms. The Labute approximate surface area is 119 Å². The van der Waals surface area contributed by atoms with Gasteiger partial charge in [-0.15, -0.1) is 0 Å². The molecule has 0 saturated carbocycles. The van der Waals surface area contributed by atoms with Crippen molar-refractivity contribution in [3.63, 3.8) is 0 Å². The van der Waals surface area contributed by atoms with Gasteiger partial charge in [-0.05, 0) is 18.2 Å². The number of nitrogens with zero attached hydrogens (tertiary/aromatic N) is 1. The van der Waals surface area contributed by atoms with Gasteiger partial charge < -0.3 is 11.1 Å². The van der Waals surface area contributed by atoms with Crippen molar-refractivity contribution in [2.45, 2.75) is 11.8 Å². The van der Waals surface area contributed by atoms with Crippen LogP contribution >= 0.6 is 0 Å². The van der Waals surface area contributed by atoms with Gasteiger partial charge in [-0.3, -0.25) is 14.6 Å². The molecule has 0 aliphatic carbocycles. The number of halogens is 1. The molecule has 1 amide bonds. The average Bonchev–Trinajstić information content (AvgIpc) is 2.79. The highest BCUT2D eigenvalue weighted by molar-refractivity contribution is 7.92. The molecule has 1 aromatic heterocycles. The number of sulfonamides is 1. The van der Waals surface area contributed by atoms with Gasteiger partial charge in [-0.1, -0.05) is 0 Å². The first-order valence-corrected chi connectivity index (χ1v) is 7.17. The molecule has 0 aliphatic rings. The first kappa shape index (κ1) is 14.8. The first-order chi connectivity index (χ1) is 9.79. The van der Waals surface area contributed by atoms with E-state index in [0.717, 1.165) is 18.3 Å². The summed E-state index contributed by atoms with van der Waals surface area (Å²) in [6, 6.07) is 3.40. The molecule has 2 aromatic rings. The molecule has 0 spiro atoms. The maximum Gasteiger partial charge on any atom is 0.267 e. The third-order valence-corrected chi connectivity index (χ3v) is 3.86. The minimum Gasteiger partial charge on any atom is -0.383 e. The molecule has 0 aliphatic heterocycles. The normalized spacial score (nSPS) is 11.1. The van der Waals surface area contributed by atoms with Crippen molar-refractivity contribution in [2.24, 2.45) is 0 Å². The number of hydrogen-bond donors (Lipinski definition) is 4. The monoisotopic (exact) mass is 313 g/mol. The van der Waals surface area contributed by atoms with Crippen molar-refractivity contribution in [3.8, 4) is 0 Å². The van der Waals surface area contributed by atoms with Crippen molar-refractivity contribution in [2.75, 3.05) is 15.8 Å². The topological polar surface area (TPSA) is 130 Å². The second-order valence-corrected chi connectivity index (χ2v) is 5.78. The number of carbonyl (C=O) groups excluding carboxylic acids is 1. The van der Waals surface area contributed by atoms with Gasteiger partial charge in [0.25, 0.3) is 10.0 Å². The first-order valence-electron chi connectivity index (χ1n) is 5.68. The van der Waals surface area contributed by atoms with Gasteiger partial charge in [0.05, 0.1) is 17.6 Å². The highest BCUT2D eigenvalue weighted by atomic mass is 32.2. The van der Waals surface area contributed by atoms with Gasteiger partial charge >= 0.3 is 0 Å². The zero-order valence-corrected chi connectivity index (χ0v) is 11.7. The van der Waals surface area contributed by atoms with E-state index in [0.29, 0.717) is 0 Å². The lowest BCUT2D eigenvalue weighted by Gasteiger charge is -2.10. The van der Waals surface area contributed by atoms with E-state index in [1.807, 2.05) is 0 Å². The van der Waals surface area contributed by atoms with Gasteiger partial charge in [0.15, 0.2) is 0 Å². The quantitative estimate of drug-likeness (QED) is 0.666. The smallest absolute Gasteiger partial charge is 0.267 e. The predicted octanol–water partition coefficient (Wildman–Crippen LogP) is 0.890. The summed E-state index contributed by atoms with van der Waals surface area (Å²) < 4.78 is 39.8. The summed E-state index contributed by atoms with van der Waals surface area (Å²) in [5.74, 6) is -1.28. The number of aromatic nitrogens is 2. The SMILES string of the molecule is CC(=O)Nc1cc(NS(=O)(=O)c2cn[nH]c2N)ccc1F. The molecule has 5 N–H and O–H groups in total. The summed E-state index contributed by atoms with van der Waals surface area (Å²) in [7, 11) is -3.96. The average molecular weight is 313 g/mol. The van der Waals surface area contributed by atoms with Gasteiger partial charge in [-0.25, -0.2) is 12.8 Å². The molecular weight excluding hydrogens is 301 g/mol. The zero-order chi connectivity index (χ0) is 15.6. The maximum absolute atomic E-state index is 13.5. The second-order valence-electron chi connectivity index (χ2n) is 4.13. The van der Waals surface area contributed by atoms with Gasteiger partial charge in [0.2, 0.25) is 5.91 Å². The molecule has 10 heteroatoms. The van der Waals surface area contributed by atoms with Crippen LogP contribution in [0.25, 0.3) is 0 Å². The minimum absolute atomic E-state index is 0.0701. The number of hydrogen-bond acceptors (Lipinski definition) is 5. The van der Waals surface area contributed by atoms with Crippen molar-refractivity contribution in [3.05, 3.63) is 30.2 Å². The van der Waals surface area contributed by atoms with Crippen molar-refractivity contribution in [1.29, 1.82) is 0 Å². The van der Waals surface area contributed by atoms with Gasteiger partial charge in [-0.2, -0.15) is 5.10 Å². The highest BCUT2D eigenvalue weighted by Gasteiger charge is 2.20. The van der Waals surface area contributed by atoms with Crippen LogP contribution in [0.2, 0.25) is 0 Å². The molecule has 2 rings (SSSR count). The number of nitrogen functional groups attached to an aromatic ring is 1. The van der Waals surface area contributed by atoms with E-state index >= 15 is 0 Å². The van der Waals surface area contributed by atoms with Crippen molar-refractivity contribution >= 4 is 33.1 Å². The minimum atomic E-state index is -3.96. The van der Waals surface area contributed by atoms with Crippen LogP contribution in [0.5, 0.6) is 0 Å². The molecule has 112 valence electrons. The lowest BCUT2D eigenvalue weighted by Crippen LogP contribution is -2.14. The zero-order valence-electron chi connectivity index (χ0n) is 10.8. The number of nitrogens with one attached hydrogen (secondary N) is 3. The van der Waals surface area contributed by atoms with Crippen LogP contribution in [0.3, 0.4) is 0 Å². The lowest BCUT2D eigenvalue weighted by atomic mass is 10.2. The van der Waals surface area contributed by atoms with Crippen LogP contribution in [0.1, 0.15) is 6.92 Å². The Kier molecular flexibility index (Phi) is 3.80. The molecule has 0 atom stereocenters. The lowest BCUT2D eigenvalue weighted by molar-refractivity contribution is -0.114. The van der Waals surface area contributed by atoms with Crippen LogP contribution in [0.15, 0.2) is 29.3 Å². The second kappa shape index (κ2) is 5.40. The molecule has 0 bridgehead atoms. The number of carbonyl (C=O) groups is 1. The molecule has 1 aromatic carbocycles. The molecule has 0 fully saturated rings. The third kappa shape index (κ3) is 3.28. The Bertz CT molecular complexity index is 787. The van der Waals surface area contributed by atoms with Crippen molar-refractivity contribution < 1.29 is 17.6 Å². The fourth-order valence-electron chi connectivity index (χ4n) is 1.58. The molecule has 1 heterocycles. The fraction of sp³-hybridized carbons (Fsp3) is 0.0909. The Morgan fingerprint density at radius 2 is 2.14 bits per heavy atom. The van der Waals surface area contributed by atoms with E-state index in [-0.39, 0.29) is 22.1 Å². The number of anilines is 3. The standard InChI is InChI=1S/C11H12FN5O3S/c1-6(18)15-9-4-7(2-3-8(9)12)17-21(19,20)10-5-14-16-11(10)13/h2-5,17H,1H3,(H,15,18)(H3,13,14,16). The molecule has 8 nitrogen and oxygen atoms in total. The van der Waals surface area contributed by atoms with Crippen LogP contribution in [0, 0.1) is 5.82 Å². The van der Waals surface area contributed by atoms with Crippen LogP contribution in [-0.2, 0) is 14.8 Å². The summed E-state index contributed by atoms with van der Waals surface area (Å²) in [5, 5.41) is 8.07. The summed E-state index contributed by atoms with van der Waals surface area (Å²) >= 11 is 0. The Hall–Kier alpha value is -2.62. The molecule has 0 radical (unpaired) electrons. The highest BCUT2D eigenvalue weighted by Crippen LogP contribution is 2.23.